The molecular formula is C14H15FN2O. The van der Waals surface area contributed by atoms with Crippen molar-refractivity contribution in [1.82, 2.24) is 0 Å². The highest BCUT2D eigenvalue weighted by molar-refractivity contribution is 5.67. The van der Waals surface area contributed by atoms with Crippen molar-refractivity contribution >= 4 is 17.1 Å². The molecule has 2 aromatic carbocycles. The molecule has 3 N–H and O–H groups in total. The molecule has 0 heterocycles. The molecular weight excluding hydrogens is 231 g/mol. The van der Waals surface area contributed by atoms with E-state index in [1.165, 1.54) is 6.07 Å². The van der Waals surface area contributed by atoms with Crippen LogP contribution in [-0.4, -0.2) is 7.11 Å². The Morgan fingerprint density at radius 1 is 1.17 bits per heavy atom. The van der Waals surface area contributed by atoms with Crippen LogP contribution in [0.2, 0.25) is 0 Å². The third-order valence-corrected chi connectivity index (χ3v) is 2.63. The molecule has 18 heavy (non-hydrogen) atoms. The molecule has 94 valence electrons. The Kier molecular flexibility index (Phi) is 3.37. The summed E-state index contributed by atoms with van der Waals surface area (Å²) in [5.74, 6) is 0.268. The number of rotatable bonds is 3. The van der Waals surface area contributed by atoms with Gasteiger partial charge in [0.1, 0.15) is 11.6 Å². The minimum atomic E-state index is -0.295. The van der Waals surface area contributed by atoms with Gasteiger partial charge in [-0.25, -0.2) is 4.39 Å². The molecule has 0 aliphatic rings. The van der Waals surface area contributed by atoms with Crippen molar-refractivity contribution in [2.75, 3.05) is 18.2 Å². The Labute approximate surface area is 105 Å². The number of anilines is 3. The van der Waals surface area contributed by atoms with E-state index in [1.807, 2.05) is 6.92 Å². The summed E-state index contributed by atoms with van der Waals surface area (Å²) in [7, 11) is 1.54. The molecule has 0 saturated carbocycles. The van der Waals surface area contributed by atoms with Gasteiger partial charge in [0.05, 0.1) is 18.5 Å². The molecule has 0 amide bonds. The Morgan fingerprint density at radius 3 is 2.67 bits per heavy atom. The van der Waals surface area contributed by atoms with Crippen LogP contribution in [0.5, 0.6) is 5.75 Å². The lowest BCUT2D eigenvalue weighted by molar-refractivity contribution is 0.417. The highest BCUT2D eigenvalue weighted by atomic mass is 19.1. The number of nitrogens with one attached hydrogen (secondary N) is 1. The second-order valence-corrected chi connectivity index (χ2v) is 4.07. The molecule has 0 radical (unpaired) electrons. The fourth-order valence-corrected chi connectivity index (χ4v) is 1.68. The molecule has 0 spiro atoms. The number of benzene rings is 2. The van der Waals surface area contributed by atoms with Crippen molar-refractivity contribution < 1.29 is 9.13 Å². The van der Waals surface area contributed by atoms with Crippen molar-refractivity contribution in [1.29, 1.82) is 0 Å². The Balaban J connectivity index is 2.31. The van der Waals surface area contributed by atoms with Crippen molar-refractivity contribution in [3.05, 3.63) is 47.8 Å². The number of methoxy groups -OCH3 is 1. The van der Waals surface area contributed by atoms with Crippen LogP contribution < -0.4 is 15.8 Å². The van der Waals surface area contributed by atoms with E-state index in [0.717, 1.165) is 11.3 Å². The normalized spacial score (nSPS) is 10.2. The summed E-state index contributed by atoms with van der Waals surface area (Å²) >= 11 is 0. The highest BCUT2D eigenvalue weighted by Gasteiger charge is 2.05. The van der Waals surface area contributed by atoms with Crippen LogP contribution in [0.4, 0.5) is 21.5 Å². The van der Waals surface area contributed by atoms with Crippen molar-refractivity contribution in [2.45, 2.75) is 6.92 Å². The monoisotopic (exact) mass is 246 g/mol. The molecule has 4 heteroatoms. The van der Waals surface area contributed by atoms with Crippen molar-refractivity contribution in [2.24, 2.45) is 0 Å². The number of nitrogens with two attached hydrogens (primary N) is 1. The van der Waals surface area contributed by atoms with Gasteiger partial charge >= 0.3 is 0 Å². The summed E-state index contributed by atoms with van der Waals surface area (Å²) < 4.78 is 18.7. The van der Waals surface area contributed by atoms with Crippen molar-refractivity contribution in [3.63, 3.8) is 0 Å². The predicted octanol–water partition coefficient (Wildman–Crippen LogP) is 3.47. The maximum absolute atomic E-state index is 13.6. The zero-order valence-electron chi connectivity index (χ0n) is 10.3. The number of hydrogen-bond acceptors (Lipinski definition) is 3. The van der Waals surface area contributed by atoms with Crippen LogP contribution in [0.15, 0.2) is 36.4 Å². The average Bonchev–Trinajstić information content (AvgIpc) is 2.36. The first-order chi connectivity index (χ1) is 8.60. The van der Waals surface area contributed by atoms with Gasteiger partial charge in [-0.2, -0.15) is 0 Å². The Morgan fingerprint density at radius 2 is 1.94 bits per heavy atom. The molecule has 3 nitrogen and oxygen atoms in total. The zero-order chi connectivity index (χ0) is 13.1. The summed E-state index contributed by atoms with van der Waals surface area (Å²) in [6, 6.07) is 10.1. The molecule has 0 atom stereocenters. The van der Waals surface area contributed by atoms with Gasteiger partial charge < -0.3 is 15.8 Å². The van der Waals surface area contributed by atoms with Crippen LogP contribution in [0.3, 0.4) is 0 Å². The summed E-state index contributed by atoms with van der Waals surface area (Å²) in [4.78, 5) is 0. The average molecular weight is 246 g/mol. The van der Waals surface area contributed by atoms with Gasteiger partial charge in [0.15, 0.2) is 0 Å². The number of halogens is 1. The predicted molar refractivity (Wildman–Crippen MR) is 71.8 cm³/mol. The maximum Gasteiger partial charge on any atom is 0.146 e. The van der Waals surface area contributed by atoms with Crippen LogP contribution in [-0.2, 0) is 0 Å². The molecule has 0 unspecified atom stereocenters. The van der Waals surface area contributed by atoms with Gasteiger partial charge in [-0.1, -0.05) is 6.07 Å². The molecule has 0 aliphatic carbocycles. The van der Waals surface area contributed by atoms with E-state index in [1.54, 1.807) is 37.4 Å². The first-order valence-electron chi connectivity index (χ1n) is 5.57. The second kappa shape index (κ2) is 4.96. The smallest absolute Gasteiger partial charge is 0.146 e. The van der Waals surface area contributed by atoms with E-state index < -0.39 is 0 Å². The van der Waals surface area contributed by atoms with E-state index in [0.29, 0.717) is 17.1 Å². The third kappa shape index (κ3) is 2.53. The topological polar surface area (TPSA) is 47.3 Å². The van der Waals surface area contributed by atoms with Crippen LogP contribution in [0.25, 0.3) is 0 Å². The highest BCUT2D eigenvalue weighted by Crippen LogP contribution is 2.28. The molecule has 2 aromatic rings. The van der Waals surface area contributed by atoms with Crippen LogP contribution in [0, 0.1) is 12.7 Å². The quantitative estimate of drug-likeness (QED) is 0.815. The van der Waals surface area contributed by atoms with E-state index in [4.69, 9.17) is 10.5 Å². The minimum absolute atomic E-state index is 0.295. The number of hydrogen-bond donors (Lipinski definition) is 2. The number of ether oxygens (including phenoxy) is 1. The second-order valence-electron chi connectivity index (χ2n) is 4.07. The lowest BCUT2D eigenvalue weighted by Crippen LogP contribution is -1.97. The van der Waals surface area contributed by atoms with Gasteiger partial charge in [0.2, 0.25) is 0 Å². The zero-order valence-corrected chi connectivity index (χ0v) is 10.3. The van der Waals surface area contributed by atoms with Gasteiger partial charge in [-0.3, -0.25) is 0 Å². The lowest BCUT2D eigenvalue weighted by Gasteiger charge is -2.11. The first kappa shape index (κ1) is 12.2. The molecule has 0 aromatic heterocycles. The fourth-order valence-electron chi connectivity index (χ4n) is 1.68. The van der Waals surface area contributed by atoms with Crippen LogP contribution >= 0.6 is 0 Å². The van der Waals surface area contributed by atoms with Gasteiger partial charge in [0, 0.05) is 11.8 Å². The molecule has 0 bridgehead atoms. The Bertz CT molecular complexity index is 570. The van der Waals surface area contributed by atoms with Gasteiger partial charge in [-0.05, 0) is 36.8 Å². The lowest BCUT2D eigenvalue weighted by atomic mass is 10.2. The standard InChI is InChI=1S/C14H15FN2O/c1-9-3-5-11(15)13(7-9)17-10-4-6-12(16)14(8-10)18-2/h3-8,17H,16H2,1-2H3. The summed E-state index contributed by atoms with van der Waals surface area (Å²) in [5.41, 5.74) is 8.42. The first-order valence-corrected chi connectivity index (χ1v) is 5.57. The van der Waals surface area contributed by atoms with E-state index in [-0.39, 0.29) is 5.82 Å². The molecule has 0 fully saturated rings. The number of aryl methyl sites for hydroxylation is 1. The largest absolute Gasteiger partial charge is 0.495 e. The molecule has 0 aliphatic heterocycles. The maximum atomic E-state index is 13.6. The third-order valence-electron chi connectivity index (χ3n) is 2.63. The van der Waals surface area contributed by atoms with Gasteiger partial charge in [-0.15, -0.1) is 0 Å². The van der Waals surface area contributed by atoms with E-state index in [9.17, 15) is 4.39 Å². The van der Waals surface area contributed by atoms with Crippen LogP contribution in [0.1, 0.15) is 5.56 Å². The van der Waals surface area contributed by atoms with Crippen molar-refractivity contribution in [3.8, 4) is 5.75 Å². The summed E-state index contributed by atoms with van der Waals surface area (Å²) in [6.07, 6.45) is 0. The number of nitrogen functional groups attached to an aromatic ring is 1. The summed E-state index contributed by atoms with van der Waals surface area (Å²) in [6.45, 7) is 1.91. The molecule has 0 saturated heterocycles. The van der Waals surface area contributed by atoms with Gasteiger partial charge in [0.25, 0.3) is 0 Å². The minimum Gasteiger partial charge on any atom is -0.495 e. The fraction of sp³-hybridized carbons (Fsp3) is 0.143. The molecule has 2 rings (SSSR count). The Hall–Kier alpha value is -2.23. The van der Waals surface area contributed by atoms with E-state index >= 15 is 0 Å². The summed E-state index contributed by atoms with van der Waals surface area (Å²) in [5, 5.41) is 3.00. The SMILES string of the molecule is COc1cc(Nc2cc(C)ccc2F)ccc1N. The van der Waals surface area contributed by atoms with E-state index in [2.05, 4.69) is 5.32 Å².